The largest absolute Gasteiger partial charge is 0.345 e. The SMILES string of the molecule is CN(C[C@@H]1CCn2ccnc2C1)C(=O)[C@@H]1C[C@@H]1c1cccnc1. The average molecular weight is 310 g/mol. The van der Waals surface area contributed by atoms with Gasteiger partial charge in [0, 0.05) is 57.3 Å². The van der Waals surface area contributed by atoms with Gasteiger partial charge in [-0.25, -0.2) is 4.98 Å². The van der Waals surface area contributed by atoms with Crippen LogP contribution in [0.1, 0.15) is 30.1 Å². The van der Waals surface area contributed by atoms with Gasteiger partial charge in [0.05, 0.1) is 0 Å². The van der Waals surface area contributed by atoms with Crippen LogP contribution in [0.3, 0.4) is 0 Å². The van der Waals surface area contributed by atoms with E-state index in [2.05, 4.69) is 20.6 Å². The molecule has 2 aliphatic rings. The van der Waals surface area contributed by atoms with Crippen LogP contribution in [0.2, 0.25) is 0 Å². The number of aromatic nitrogens is 3. The van der Waals surface area contributed by atoms with Gasteiger partial charge in [-0.15, -0.1) is 0 Å². The van der Waals surface area contributed by atoms with Crippen LogP contribution in [0.15, 0.2) is 36.9 Å². The molecule has 2 aromatic heterocycles. The van der Waals surface area contributed by atoms with Crippen molar-refractivity contribution in [2.24, 2.45) is 11.8 Å². The van der Waals surface area contributed by atoms with Crippen LogP contribution in [0.5, 0.6) is 0 Å². The first-order valence-corrected chi connectivity index (χ1v) is 8.37. The second-order valence-corrected chi connectivity index (χ2v) is 6.85. The molecule has 1 aliphatic heterocycles. The number of amides is 1. The van der Waals surface area contributed by atoms with Gasteiger partial charge in [0.2, 0.25) is 5.91 Å². The number of rotatable bonds is 4. The third-order valence-corrected chi connectivity index (χ3v) is 5.18. The Balaban J connectivity index is 1.33. The Morgan fingerprint density at radius 3 is 3.17 bits per heavy atom. The summed E-state index contributed by atoms with van der Waals surface area (Å²) in [6.07, 6.45) is 10.6. The van der Waals surface area contributed by atoms with E-state index in [1.54, 1.807) is 6.20 Å². The van der Waals surface area contributed by atoms with Crippen LogP contribution >= 0.6 is 0 Å². The second kappa shape index (κ2) is 5.80. The number of nitrogens with zero attached hydrogens (tertiary/aromatic N) is 4. The third-order valence-electron chi connectivity index (χ3n) is 5.18. The molecule has 120 valence electrons. The van der Waals surface area contributed by atoms with Crippen molar-refractivity contribution in [2.45, 2.75) is 31.7 Å². The molecule has 0 aromatic carbocycles. The normalized spacial score (nSPS) is 25.7. The highest BCUT2D eigenvalue weighted by Crippen LogP contribution is 2.48. The first-order chi connectivity index (χ1) is 11.2. The summed E-state index contributed by atoms with van der Waals surface area (Å²) in [7, 11) is 1.95. The van der Waals surface area contributed by atoms with Gasteiger partial charge in [0.25, 0.3) is 0 Å². The number of fused-ring (bicyclic) bond motifs is 1. The lowest BCUT2D eigenvalue weighted by molar-refractivity contribution is -0.132. The van der Waals surface area contributed by atoms with Crippen molar-refractivity contribution in [3.63, 3.8) is 0 Å². The number of aryl methyl sites for hydroxylation is 1. The molecule has 3 heterocycles. The Bertz CT molecular complexity index is 696. The van der Waals surface area contributed by atoms with Gasteiger partial charge in [-0.05, 0) is 36.3 Å². The van der Waals surface area contributed by atoms with Crippen LogP contribution in [0.25, 0.3) is 0 Å². The van der Waals surface area contributed by atoms with Gasteiger partial charge in [-0.2, -0.15) is 0 Å². The molecule has 23 heavy (non-hydrogen) atoms. The fourth-order valence-electron chi connectivity index (χ4n) is 3.76. The lowest BCUT2D eigenvalue weighted by atomic mass is 9.97. The minimum Gasteiger partial charge on any atom is -0.345 e. The molecule has 5 heteroatoms. The van der Waals surface area contributed by atoms with Gasteiger partial charge < -0.3 is 9.47 Å². The summed E-state index contributed by atoms with van der Waals surface area (Å²) < 4.78 is 2.22. The Morgan fingerprint density at radius 2 is 2.35 bits per heavy atom. The number of carbonyl (C=O) groups is 1. The van der Waals surface area contributed by atoms with Gasteiger partial charge >= 0.3 is 0 Å². The first kappa shape index (κ1) is 14.4. The van der Waals surface area contributed by atoms with Crippen LogP contribution in [0.4, 0.5) is 0 Å². The predicted octanol–water partition coefficient (Wildman–Crippen LogP) is 2.10. The third kappa shape index (κ3) is 2.87. The van der Waals surface area contributed by atoms with Crippen molar-refractivity contribution in [3.05, 3.63) is 48.3 Å². The number of imidazole rings is 1. The molecular formula is C18H22N4O. The molecule has 3 atom stereocenters. The smallest absolute Gasteiger partial charge is 0.226 e. The van der Waals surface area contributed by atoms with Gasteiger partial charge in [0.15, 0.2) is 0 Å². The second-order valence-electron chi connectivity index (χ2n) is 6.85. The highest BCUT2D eigenvalue weighted by atomic mass is 16.2. The highest BCUT2D eigenvalue weighted by molar-refractivity contribution is 5.82. The topological polar surface area (TPSA) is 51.0 Å². The maximum absolute atomic E-state index is 12.6. The molecule has 1 amide bonds. The van der Waals surface area contributed by atoms with E-state index in [1.165, 1.54) is 5.56 Å². The van der Waals surface area contributed by atoms with E-state index in [-0.39, 0.29) is 11.8 Å². The molecule has 1 saturated carbocycles. The zero-order chi connectivity index (χ0) is 15.8. The maximum Gasteiger partial charge on any atom is 0.226 e. The predicted molar refractivity (Wildman–Crippen MR) is 86.8 cm³/mol. The highest BCUT2D eigenvalue weighted by Gasteiger charge is 2.45. The van der Waals surface area contributed by atoms with Crippen molar-refractivity contribution in [3.8, 4) is 0 Å². The van der Waals surface area contributed by atoms with Gasteiger partial charge in [-0.3, -0.25) is 9.78 Å². The van der Waals surface area contributed by atoms with E-state index in [4.69, 9.17) is 0 Å². The van der Waals surface area contributed by atoms with E-state index in [9.17, 15) is 4.79 Å². The van der Waals surface area contributed by atoms with Crippen molar-refractivity contribution < 1.29 is 4.79 Å². The molecular weight excluding hydrogens is 288 g/mol. The lowest BCUT2D eigenvalue weighted by Crippen LogP contribution is -2.36. The van der Waals surface area contributed by atoms with E-state index >= 15 is 0 Å². The molecule has 0 N–H and O–H groups in total. The average Bonchev–Trinajstić information content (AvgIpc) is 3.25. The summed E-state index contributed by atoms with van der Waals surface area (Å²) in [4.78, 5) is 23.1. The summed E-state index contributed by atoms with van der Waals surface area (Å²) in [5.74, 6) is 2.47. The fourth-order valence-corrected chi connectivity index (χ4v) is 3.76. The van der Waals surface area contributed by atoms with Crippen LogP contribution < -0.4 is 0 Å². The minimum atomic E-state index is 0.148. The van der Waals surface area contributed by atoms with Crippen molar-refractivity contribution in [1.82, 2.24) is 19.4 Å². The van der Waals surface area contributed by atoms with E-state index in [0.717, 1.165) is 38.2 Å². The van der Waals surface area contributed by atoms with Crippen LogP contribution in [-0.4, -0.2) is 38.9 Å². The molecule has 0 radical (unpaired) electrons. The lowest BCUT2D eigenvalue weighted by Gasteiger charge is -2.28. The number of pyridine rings is 1. The Kier molecular flexibility index (Phi) is 3.63. The summed E-state index contributed by atoms with van der Waals surface area (Å²) in [6.45, 7) is 1.85. The summed E-state index contributed by atoms with van der Waals surface area (Å²) >= 11 is 0. The standard InChI is InChI=1S/C18H22N4O/c1-21(12-13-4-7-22-8-6-20-17(22)9-13)18(23)16-10-15(16)14-3-2-5-19-11-14/h2-3,5-6,8,11,13,15-16H,4,7,9-10,12H2,1H3/t13-,15-,16-/m1/s1. The molecule has 1 fully saturated rings. The van der Waals surface area contributed by atoms with Crippen molar-refractivity contribution in [1.29, 1.82) is 0 Å². The molecule has 0 spiro atoms. The van der Waals surface area contributed by atoms with E-state index in [0.29, 0.717) is 11.8 Å². The molecule has 4 rings (SSSR count). The van der Waals surface area contributed by atoms with Crippen molar-refractivity contribution >= 4 is 5.91 Å². The molecule has 2 aromatic rings. The van der Waals surface area contributed by atoms with E-state index in [1.807, 2.05) is 36.6 Å². The summed E-state index contributed by atoms with van der Waals surface area (Å²) in [5.41, 5.74) is 1.19. The van der Waals surface area contributed by atoms with Crippen molar-refractivity contribution in [2.75, 3.05) is 13.6 Å². The Labute approximate surface area is 136 Å². The minimum absolute atomic E-state index is 0.148. The maximum atomic E-state index is 12.6. The molecule has 0 saturated heterocycles. The summed E-state index contributed by atoms with van der Waals surface area (Å²) in [6, 6.07) is 4.02. The summed E-state index contributed by atoms with van der Waals surface area (Å²) in [5, 5.41) is 0. The quantitative estimate of drug-likeness (QED) is 0.869. The van der Waals surface area contributed by atoms with Crippen LogP contribution in [-0.2, 0) is 17.8 Å². The molecule has 1 aliphatic carbocycles. The first-order valence-electron chi connectivity index (χ1n) is 8.37. The van der Waals surface area contributed by atoms with Crippen LogP contribution in [0, 0.1) is 11.8 Å². The monoisotopic (exact) mass is 310 g/mol. The fraction of sp³-hybridized carbons (Fsp3) is 0.500. The number of hydrogen-bond donors (Lipinski definition) is 0. The van der Waals surface area contributed by atoms with Gasteiger partial charge in [-0.1, -0.05) is 6.07 Å². The number of hydrogen-bond acceptors (Lipinski definition) is 3. The molecule has 5 nitrogen and oxygen atoms in total. The zero-order valence-electron chi connectivity index (χ0n) is 13.4. The number of carbonyl (C=O) groups excluding carboxylic acids is 1. The zero-order valence-corrected chi connectivity index (χ0v) is 13.4. The van der Waals surface area contributed by atoms with Gasteiger partial charge in [0.1, 0.15) is 5.82 Å². The molecule has 0 bridgehead atoms. The van der Waals surface area contributed by atoms with E-state index < -0.39 is 0 Å². The Morgan fingerprint density at radius 1 is 1.43 bits per heavy atom. The molecule has 0 unspecified atom stereocenters. The Hall–Kier alpha value is -2.17.